The van der Waals surface area contributed by atoms with Crippen molar-refractivity contribution >= 4 is 17.3 Å². The normalized spacial score (nSPS) is 9.96. The number of hydrogen-bond acceptors (Lipinski definition) is 5. The van der Waals surface area contributed by atoms with Crippen LogP contribution >= 0.6 is 0 Å². The van der Waals surface area contributed by atoms with Gasteiger partial charge in [0.15, 0.2) is 0 Å². The van der Waals surface area contributed by atoms with E-state index in [1.165, 1.54) is 17.0 Å². The van der Waals surface area contributed by atoms with Gasteiger partial charge in [-0.25, -0.2) is 0 Å². The highest BCUT2D eigenvalue weighted by atomic mass is 16.6. The first kappa shape index (κ1) is 18.4. The number of nitrogens with one attached hydrogen (secondary N) is 1. The molecule has 7 nitrogen and oxygen atoms in total. The van der Waals surface area contributed by atoms with E-state index >= 15 is 0 Å². The number of rotatable bonds is 10. The number of anilines is 1. The highest BCUT2D eigenvalue weighted by Crippen LogP contribution is 2.26. The molecule has 7 heteroatoms. The first-order valence-electron chi connectivity index (χ1n) is 7.07. The number of carbonyl (C=O) groups is 1. The lowest BCUT2D eigenvalue weighted by atomic mass is 10.1. The maximum Gasteiger partial charge on any atom is 0.293 e. The molecule has 1 N–H and O–H groups in total. The quantitative estimate of drug-likeness (QED) is 0.310. The van der Waals surface area contributed by atoms with E-state index in [2.05, 4.69) is 18.5 Å². The molecule has 0 saturated carbocycles. The Balaban J connectivity index is 3.05. The molecule has 0 heterocycles. The van der Waals surface area contributed by atoms with E-state index in [-0.39, 0.29) is 17.2 Å². The van der Waals surface area contributed by atoms with Crippen LogP contribution in [0.1, 0.15) is 10.4 Å². The molecule has 0 bridgehead atoms. The van der Waals surface area contributed by atoms with Gasteiger partial charge in [0.1, 0.15) is 5.69 Å². The molecule has 0 aliphatic carbocycles. The molecule has 1 amide bonds. The summed E-state index contributed by atoms with van der Waals surface area (Å²) >= 11 is 0. The van der Waals surface area contributed by atoms with E-state index in [0.717, 1.165) is 0 Å². The van der Waals surface area contributed by atoms with E-state index < -0.39 is 4.92 Å². The van der Waals surface area contributed by atoms with Crippen molar-refractivity contribution in [3.05, 3.63) is 59.2 Å². The van der Waals surface area contributed by atoms with Gasteiger partial charge in [0.25, 0.3) is 11.6 Å². The number of nitro benzene ring substituents is 1. The molecule has 124 valence electrons. The second-order valence-corrected chi connectivity index (χ2v) is 4.70. The van der Waals surface area contributed by atoms with E-state index in [1.807, 2.05) is 0 Å². The highest BCUT2D eigenvalue weighted by molar-refractivity contribution is 5.96. The molecule has 0 radical (unpaired) electrons. The second-order valence-electron chi connectivity index (χ2n) is 4.70. The summed E-state index contributed by atoms with van der Waals surface area (Å²) in [5.74, 6) is -0.309. The molecule has 1 aromatic rings. The van der Waals surface area contributed by atoms with Crippen LogP contribution in [-0.2, 0) is 4.74 Å². The fourth-order valence-electron chi connectivity index (χ4n) is 1.99. The molecule has 0 atom stereocenters. The summed E-state index contributed by atoms with van der Waals surface area (Å²) in [4.78, 5) is 24.6. The number of ether oxygens (including phenoxy) is 1. The Morgan fingerprint density at radius 2 is 2.04 bits per heavy atom. The molecule has 0 fully saturated rings. The summed E-state index contributed by atoms with van der Waals surface area (Å²) in [6, 6.07) is 4.36. The van der Waals surface area contributed by atoms with Crippen LogP contribution in [0.4, 0.5) is 11.4 Å². The van der Waals surface area contributed by atoms with Gasteiger partial charge < -0.3 is 15.0 Å². The summed E-state index contributed by atoms with van der Waals surface area (Å²) in [5, 5.41) is 14.1. The first-order chi connectivity index (χ1) is 11.0. The van der Waals surface area contributed by atoms with Gasteiger partial charge in [-0.2, -0.15) is 0 Å². The molecule has 1 rings (SSSR count). The van der Waals surface area contributed by atoms with Crippen molar-refractivity contribution in [3.63, 3.8) is 0 Å². The van der Waals surface area contributed by atoms with Crippen molar-refractivity contribution in [2.24, 2.45) is 0 Å². The molecular formula is C16H21N3O4. The van der Waals surface area contributed by atoms with Crippen LogP contribution in [0.25, 0.3) is 0 Å². The van der Waals surface area contributed by atoms with Gasteiger partial charge in [0, 0.05) is 38.4 Å². The van der Waals surface area contributed by atoms with Gasteiger partial charge in [-0.05, 0) is 12.1 Å². The number of nitrogens with zero attached hydrogens (tertiary/aromatic N) is 2. The fourth-order valence-corrected chi connectivity index (χ4v) is 1.99. The third kappa shape index (κ3) is 5.23. The lowest BCUT2D eigenvalue weighted by molar-refractivity contribution is -0.384. The molecule has 0 aliphatic heterocycles. The van der Waals surface area contributed by atoms with Gasteiger partial charge in [0.05, 0.1) is 11.5 Å². The molecule has 23 heavy (non-hydrogen) atoms. The zero-order valence-electron chi connectivity index (χ0n) is 13.2. The van der Waals surface area contributed by atoms with Crippen LogP contribution in [0.15, 0.2) is 43.5 Å². The van der Waals surface area contributed by atoms with Crippen molar-refractivity contribution in [3.8, 4) is 0 Å². The Bertz CT molecular complexity index is 577. The molecule has 0 unspecified atom stereocenters. The molecule has 1 aromatic carbocycles. The highest BCUT2D eigenvalue weighted by Gasteiger charge is 2.20. The van der Waals surface area contributed by atoms with Crippen molar-refractivity contribution in [2.75, 3.05) is 38.7 Å². The standard InChI is InChI=1S/C16H21N3O4/c1-4-9-18(10-5-2)16(20)13-6-7-14(17-8-11-23-3)15(12-13)19(21)22/h4-7,12,17H,1-2,8-11H2,3H3. The summed E-state index contributed by atoms with van der Waals surface area (Å²) in [5.41, 5.74) is 0.449. The lowest BCUT2D eigenvalue weighted by Gasteiger charge is -2.19. The summed E-state index contributed by atoms with van der Waals surface area (Å²) in [6.07, 6.45) is 3.19. The second kappa shape index (κ2) is 9.37. The predicted octanol–water partition coefficient (Wildman–Crippen LogP) is 2.47. The van der Waals surface area contributed by atoms with Crippen molar-refractivity contribution < 1.29 is 14.5 Å². The summed E-state index contributed by atoms with van der Waals surface area (Å²) < 4.78 is 4.90. The average Bonchev–Trinajstić information content (AvgIpc) is 2.54. The Kier molecular flexibility index (Phi) is 7.49. The maximum atomic E-state index is 12.4. The minimum absolute atomic E-state index is 0.149. The number of carbonyl (C=O) groups excluding carboxylic acids is 1. The number of nitro groups is 1. The van der Waals surface area contributed by atoms with Gasteiger partial charge in [-0.3, -0.25) is 14.9 Å². The summed E-state index contributed by atoms with van der Waals surface area (Å²) in [7, 11) is 1.55. The number of benzene rings is 1. The monoisotopic (exact) mass is 319 g/mol. The van der Waals surface area contributed by atoms with Crippen LogP contribution in [-0.4, -0.2) is 49.1 Å². The maximum absolute atomic E-state index is 12.4. The van der Waals surface area contributed by atoms with E-state index in [4.69, 9.17) is 4.74 Å². The van der Waals surface area contributed by atoms with Gasteiger partial charge in [0.2, 0.25) is 0 Å². The minimum atomic E-state index is -0.517. The van der Waals surface area contributed by atoms with Crippen molar-refractivity contribution in [2.45, 2.75) is 0 Å². The Hall–Kier alpha value is -2.67. The third-order valence-corrected chi connectivity index (χ3v) is 3.05. The molecule has 0 aliphatic rings. The van der Waals surface area contributed by atoms with Crippen LogP contribution in [0.5, 0.6) is 0 Å². The van der Waals surface area contributed by atoms with Crippen molar-refractivity contribution in [1.82, 2.24) is 4.90 Å². The topological polar surface area (TPSA) is 84.7 Å². The molecule has 0 saturated heterocycles. The van der Waals surface area contributed by atoms with Crippen LogP contribution < -0.4 is 5.32 Å². The Labute approximate surface area is 135 Å². The number of hydrogen-bond donors (Lipinski definition) is 1. The largest absolute Gasteiger partial charge is 0.383 e. The lowest BCUT2D eigenvalue weighted by Crippen LogP contribution is -2.31. The molecule has 0 aromatic heterocycles. The Morgan fingerprint density at radius 3 is 2.57 bits per heavy atom. The number of methoxy groups -OCH3 is 1. The van der Waals surface area contributed by atoms with E-state index in [0.29, 0.717) is 31.9 Å². The molecule has 0 spiro atoms. The van der Waals surface area contributed by atoms with Crippen LogP contribution in [0.3, 0.4) is 0 Å². The van der Waals surface area contributed by atoms with Gasteiger partial charge in [-0.15, -0.1) is 13.2 Å². The smallest absolute Gasteiger partial charge is 0.293 e. The van der Waals surface area contributed by atoms with Crippen LogP contribution in [0.2, 0.25) is 0 Å². The summed E-state index contributed by atoms with van der Waals surface area (Å²) in [6.45, 7) is 8.74. The molecular weight excluding hydrogens is 298 g/mol. The first-order valence-corrected chi connectivity index (χ1v) is 7.07. The zero-order valence-corrected chi connectivity index (χ0v) is 13.2. The van der Waals surface area contributed by atoms with E-state index in [9.17, 15) is 14.9 Å². The fraction of sp³-hybridized carbons (Fsp3) is 0.312. The third-order valence-electron chi connectivity index (χ3n) is 3.05. The number of amides is 1. The predicted molar refractivity (Wildman–Crippen MR) is 89.8 cm³/mol. The van der Waals surface area contributed by atoms with E-state index in [1.54, 1.807) is 25.3 Å². The minimum Gasteiger partial charge on any atom is -0.383 e. The van der Waals surface area contributed by atoms with Gasteiger partial charge >= 0.3 is 0 Å². The zero-order chi connectivity index (χ0) is 17.2. The van der Waals surface area contributed by atoms with Crippen LogP contribution in [0, 0.1) is 10.1 Å². The average molecular weight is 319 g/mol. The SMILES string of the molecule is C=CCN(CC=C)C(=O)c1ccc(NCCOC)c([N+](=O)[O-])c1. The van der Waals surface area contributed by atoms with Crippen molar-refractivity contribution in [1.29, 1.82) is 0 Å². The Morgan fingerprint density at radius 1 is 1.39 bits per heavy atom. The van der Waals surface area contributed by atoms with Gasteiger partial charge in [-0.1, -0.05) is 12.2 Å².